The maximum Gasteiger partial charge on any atom is 0.191 e. The lowest BCUT2D eigenvalue weighted by atomic mass is 10.1. The van der Waals surface area contributed by atoms with Crippen molar-refractivity contribution in [1.29, 1.82) is 0 Å². The number of nitrogens with one attached hydrogen (secondary N) is 2. The third-order valence-electron chi connectivity index (χ3n) is 4.76. The van der Waals surface area contributed by atoms with Gasteiger partial charge in [-0.05, 0) is 32.2 Å². The summed E-state index contributed by atoms with van der Waals surface area (Å²) in [7, 11) is 3.67. The highest BCUT2D eigenvalue weighted by atomic mass is 16.5. The SMILES string of the molecule is COCCNC(=NCc1nnc(C)n1C)NC[C@H]1CCCN1CC(C)C. The highest BCUT2D eigenvalue weighted by molar-refractivity contribution is 5.79. The van der Waals surface area contributed by atoms with Crippen molar-refractivity contribution < 1.29 is 4.74 Å². The van der Waals surface area contributed by atoms with E-state index in [1.54, 1.807) is 7.11 Å². The summed E-state index contributed by atoms with van der Waals surface area (Å²) in [6.07, 6.45) is 2.52. The van der Waals surface area contributed by atoms with E-state index < -0.39 is 0 Å². The molecule has 1 fully saturated rings. The van der Waals surface area contributed by atoms with Gasteiger partial charge >= 0.3 is 0 Å². The van der Waals surface area contributed by atoms with E-state index >= 15 is 0 Å². The zero-order valence-electron chi connectivity index (χ0n) is 17.0. The number of methoxy groups -OCH3 is 1. The third-order valence-corrected chi connectivity index (χ3v) is 4.76. The van der Waals surface area contributed by atoms with Gasteiger partial charge in [0.1, 0.15) is 12.4 Å². The summed E-state index contributed by atoms with van der Waals surface area (Å²) in [6.45, 7) is 11.6. The molecule has 1 aromatic heterocycles. The molecule has 0 spiro atoms. The minimum atomic E-state index is 0.500. The first-order chi connectivity index (χ1) is 12.5. The molecule has 2 rings (SSSR count). The summed E-state index contributed by atoms with van der Waals surface area (Å²) in [4.78, 5) is 7.28. The number of nitrogens with zero attached hydrogens (tertiary/aromatic N) is 5. The lowest BCUT2D eigenvalue weighted by molar-refractivity contribution is 0.203. The molecule has 1 aliphatic heterocycles. The highest BCUT2D eigenvalue weighted by Gasteiger charge is 2.24. The number of rotatable bonds is 9. The van der Waals surface area contributed by atoms with Crippen LogP contribution in [0.25, 0.3) is 0 Å². The van der Waals surface area contributed by atoms with E-state index in [1.165, 1.54) is 19.4 Å². The molecule has 1 aliphatic rings. The van der Waals surface area contributed by atoms with Gasteiger partial charge in [-0.1, -0.05) is 13.8 Å². The number of guanidine groups is 1. The molecule has 0 unspecified atom stereocenters. The Labute approximate surface area is 157 Å². The number of likely N-dealkylation sites (tertiary alicyclic amines) is 1. The molecule has 8 heteroatoms. The van der Waals surface area contributed by atoms with Crippen LogP contribution in [-0.4, -0.2) is 71.6 Å². The average Bonchev–Trinajstić information content (AvgIpc) is 3.17. The molecule has 1 aromatic rings. The average molecular weight is 366 g/mol. The molecule has 1 atom stereocenters. The van der Waals surface area contributed by atoms with E-state index in [0.29, 0.717) is 25.1 Å². The molecule has 1 saturated heterocycles. The number of aromatic nitrogens is 3. The summed E-state index contributed by atoms with van der Waals surface area (Å²) in [5.74, 6) is 3.26. The van der Waals surface area contributed by atoms with Crippen molar-refractivity contribution >= 4 is 5.96 Å². The Morgan fingerprint density at radius 2 is 2.15 bits per heavy atom. The van der Waals surface area contributed by atoms with Crippen LogP contribution < -0.4 is 10.6 Å². The van der Waals surface area contributed by atoms with Gasteiger partial charge in [-0.15, -0.1) is 10.2 Å². The maximum absolute atomic E-state index is 5.14. The highest BCUT2D eigenvalue weighted by Crippen LogP contribution is 2.17. The molecular weight excluding hydrogens is 330 g/mol. The predicted octanol–water partition coefficient (Wildman–Crippen LogP) is 0.926. The van der Waals surface area contributed by atoms with E-state index in [0.717, 1.165) is 37.2 Å². The van der Waals surface area contributed by atoms with Gasteiger partial charge in [0.15, 0.2) is 11.8 Å². The molecular formula is C18H35N7O. The molecule has 26 heavy (non-hydrogen) atoms. The van der Waals surface area contributed by atoms with Gasteiger partial charge in [-0.2, -0.15) is 0 Å². The van der Waals surface area contributed by atoms with Crippen LogP contribution in [-0.2, 0) is 18.3 Å². The number of hydrogen-bond acceptors (Lipinski definition) is 5. The monoisotopic (exact) mass is 365 g/mol. The Kier molecular flexibility index (Phi) is 8.31. The first-order valence-corrected chi connectivity index (χ1v) is 9.61. The van der Waals surface area contributed by atoms with Crippen LogP contribution in [0.1, 0.15) is 38.3 Å². The van der Waals surface area contributed by atoms with E-state index in [2.05, 4.69) is 44.6 Å². The van der Waals surface area contributed by atoms with E-state index in [4.69, 9.17) is 4.74 Å². The topological polar surface area (TPSA) is 79.6 Å². The van der Waals surface area contributed by atoms with Crippen LogP contribution in [0.4, 0.5) is 0 Å². The van der Waals surface area contributed by atoms with Crippen LogP contribution >= 0.6 is 0 Å². The third kappa shape index (κ3) is 6.25. The Morgan fingerprint density at radius 1 is 1.35 bits per heavy atom. The quantitative estimate of drug-likeness (QED) is 0.385. The summed E-state index contributed by atoms with van der Waals surface area (Å²) >= 11 is 0. The van der Waals surface area contributed by atoms with Gasteiger partial charge in [-0.3, -0.25) is 4.90 Å². The van der Waals surface area contributed by atoms with Crippen molar-refractivity contribution in [2.75, 3.05) is 39.9 Å². The minimum Gasteiger partial charge on any atom is -0.383 e. The molecule has 0 bridgehead atoms. The summed E-state index contributed by atoms with van der Waals surface area (Å²) in [5, 5.41) is 15.1. The standard InChI is InChI=1S/C18H35N7O/c1-14(2)13-25-9-6-7-16(25)11-20-18(19-8-10-26-5)21-12-17-23-22-15(3)24(17)4/h14,16H,6-13H2,1-5H3,(H2,19,20,21)/t16-/m1/s1. The van der Waals surface area contributed by atoms with Crippen molar-refractivity contribution in [2.45, 2.75) is 46.2 Å². The number of hydrogen-bond donors (Lipinski definition) is 2. The summed E-state index contributed by atoms with van der Waals surface area (Å²) in [6, 6.07) is 0.573. The van der Waals surface area contributed by atoms with Crippen LogP contribution in [0.15, 0.2) is 4.99 Å². The van der Waals surface area contributed by atoms with E-state index in [9.17, 15) is 0 Å². The summed E-state index contributed by atoms with van der Waals surface area (Å²) in [5.41, 5.74) is 0. The van der Waals surface area contributed by atoms with Crippen molar-refractivity contribution in [3.8, 4) is 0 Å². The molecule has 0 amide bonds. The van der Waals surface area contributed by atoms with E-state index in [1.807, 2.05) is 18.5 Å². The molecule has 2 N–H and O–H groups in total. The second kappa shape index (κ2) is 10.5. The first kappa shape index (κ1) is 20.6. The molecule has 0 aliphatic carbocycles. The fourth-order valence-corrected chi connectivity index (χ4v) is 3.23. The fraction of sp³-hybridized carbons (Fsp3) is 0.833. The van der Waals surface area contributed by atoms with Crippen molar-refractivity contribution in [3.63, 3.8) is 0 Å². The Balaban J connectivity index is 1.93. The summed E-state index contributed by atoms with van der Waals surface area (Å²) < 4.78 is 7.11. The fourth-order valence-electron chi connectivity index (χ4n) is 3.23. The normalized spacial score (nSPS) is 18.7. The predicted molar refractivity (Wildman–Crippen MR) is 104 cm³/mol. The molecule has 0 aromatic carbocycles. The van der Waals surface area contributed by atoms with Crippen molar-refractivity contribution in [3.05, 3.63) is 11.6 Å². The van der Waals surface area contributed by atoms with Gasteiger partial charge in [0.05, 0.1) is 6.61 Å². The van der Waals surface area contributed by atoms with Crippen LogP contribution in [0.5, 0.6) is 0 Å². The molecule has 0 saturated carbocycles. The number of ether oxygens (including phenoxy) is 1. The Morgan fingerprint density at radius 3 is 2.81 bits per heavy atom. The lowest BCUT2D eigenvalue weighted by Gasteiger charge is -2.27. The Bertz CT molecular complexity index is 570. The van der Waals surface area contributed by atoms with Crippen LogP contribution in [0.3, 0.4) is 0 Å². The number of aliphatic imine (C=N–C) groups is 1. The zero-order valence-corrected chi connectivity index (χ0v) is 17.0. The maximum atomic E-state index is 5.14. The first-order valence-electron chi connectivity index (χ1n) is 9.61. The second-order valence-corrected chi connectivity index (χ2v) is 7.37. The van der Waals surface area contributed by atoms with Crippen LogP contribution in [0, 0.1) is 12.8 Å². The van der Waals surface area contributed by atoms with E-state index in [-0.39, 0.29) is 0 Å². The van der Waals surface area contributed by atoms with Gasteiger partial charge in [0, 0.05) is 39.8 Å². The zero-order chi connectivity index (χ0) is 18.9. The number of aryl methyl sites for hydroxylation is 1. The van der Waals surface area contributed by atoms with Gasteiger partial charge in [-0.25, -0.2) is 4.99 Å². The molecule has 2 heterocycles. The second-order valence-electron chi connectivity index (χ2n) is 7.37. The largest absolute Gasteiger partial charge is 0.383 e. The van der Waals surface area contributed by atoms with Gasteiger partial charge in [0.25, 0.3) is 0 Å². The minimum absolute atomic E-state index is 0.500. The Hall–Kier alpha value is -1.67. The smallest absolute Gasteiger partial charge is 0.191 e. The lowest BCUT2D eigenvalue weighted by Crippen LogP contribution is -2.46. The molecule has 148 valence electrons. The van der Waals surface area contributed by atoms with Crippen molar-refractivity contribution in [2.24, 2.45) is 18.0 Å². The van der Waals surface area contributed by atoms with Gasteiger partial charge in [0.2, 0.25) is 0 Å². The van der Waals surface area contributed by atoms with Crippen LogP contribution in [0.2, 0.25) is 0 Å². The molecule has 0 radical (unpaired) electrons. The van der Waals surface area contributed by atoms with Gasteiger partial charge < -0.3 is 19.9 Å². The van der Waals surface area contributed by atoms with Crippen molar-refractivity contribution in [1.82, 2.24) is 30.3 Å². The molecule has 8 nitrogen and oxygen atoms in total.